The van der Waals surface area contributed by atoms with Gasteiger partial charge in [-0.25, -0.2) is 4.57 Å². The minimum absolute atomic E-state index is 0.160. The van der Waals surface area contributed by atoms with Gasteiger partial charge in [0.1, 0.15) is 12.6 Å². The van der Waals surface area contributed by atoms with Crippen LogP contribution in [0.15, 0.2) is 36.5 Å². The van der Waals surface area contributed by atoms with Crippen molar-refractivity contribution in [3.8, 4) is 0 Å². The number of hydrogen-bond donors (Lipinski definition) is 3. The Morgan fingerprint density at radius 2 is 0.869 bits per heavy atom. The average molecular weight is 884 g/mol. The van der Waals surface area contributed by atoms with Crippen LogP contribution in [0.25, 0.3) is 0 Å². The van der Waals surface area contributed by atoms with E-state index in [0.717, 1.165) is 57.8 Å². The van der Waals surface area contributed by atoms with Crippen molar-refractivity contribution in [3.05, 3.63) is 36.5 Å². The summed E-state index contributed by atoms with van der Waals surface area (Å²) in [5.74, 6) is -2.39. The van der Waals surface area contributed by atoms with Crippen molar-refractivity contribution in [2.75, 3.05) is 19.8 Å². The van der Waals surface area contributed by atoms with Crippen LogP contribution in [0, 0.1) is 0 Å². The molecule has 0 saturated carbocycles. The van der Waals surface area contributed by atoms with E-state index in [1.54, 1.807) is 0 Å². The molecule has 61 heavy (non-hydrogen) atoms. The molecule has 0 spiro atoms. The van der Waals surface area contributed by atoms with Gasteiger partial charge in [0.05, 0.1) is 13.2 Å². The van der Waals surface area contributed by atoms with Gasteiger partial charge in [-0.1, -0.05) is 198 Å². The number of carbonyl (C=O) groups is 3. The van der Waals surface area contributed by atoms with Gasteiger partial charge in [0.15, 0.2) is 6.10 Å². The Hall–Kier alpha value is -2.30. The molecule has 356 valence electrons. The van der Waals surface area contributed by atoms with Crippen LogP contribution >= 0.6 is 7.82 Å². The topological polar surface area (TPSA) is 172 Å². The fourth-order valence-corrected chi connectivity index (χ4v) is 7.56. The van der Waals surface area contributed by atoms with Crippen LogP contribution in [0.1, 0.15) is 226 Å². The molecule has 0 heterocycles. The van der Waals surface area contributed by atoms with E-state index in [-0.39, 0.29) is 19.4 Å². The number of nitrogens with two attached hydrogens (primary N) is 1. The molecule has 12 heteroatoms. The SMILES string of the molecule is CCCCC/C=C/C/C=C/C/C=C/CCCCCCC(=O)OC[C@H](COP(=O)(O)OC[C@H](N)C(=O)O)OC(=O)CCCCCCCCCCCCCCCCCCCCCC. The summed E-state index contributed by atoms with van der Waals surface area (Å²) < 4.78 is 32.8. The van der Waals surface area contributed by atoms with E-state index in [2.05, 4.69) is 54.8 Å². The third kappa shape index (κ3) is 44.1. The number of carboxylic acid groups (broad SMARTS) is 1. The monoisotopic (exact) mass is 884 g/mol. The lowest BCUT2D eigenvalue weighted by atomic mass is 10.0. The maximum Gasteiger partial charge on any atom is 0.472 e. The van der Waals surface area contributed by atoms with E-state index >= 15 is 0 Å². The second kappa shape index (κ2) is 44.3. The Morgan fingerprint density at radius 3 is 1.33 bits per heavy atom. The highest BCUT2D eigenvalue weighted by atomic mass is 31.2. The summed E-state index contributed by atoms with van der Waals surface area (Å²) in [6, 6.07) is -1.52. The normalized spacial score (nSPS) is 13.9. The van der Waals surface area contributed by atoms with Gasteiger partial charge in [-0.05, 0) is 51.4 Å². The molecule has 0 aromatic carbocycles. The smallest absolute Gasteiger partial charge is 0.472 e. The molecule has 0 rings (SSSR count). The van der Waals surface area contributed by atoms with Crippen molar-refractivity contribution in [2.45, 2.75) is 238 Å². The van der Waals surface area contributed by atoms with Crippen molar-refractivity contribution < 1.29 is 47.5 Å². The molecule has 0 fully saturated rings. The van der Waals surface area contributed by atoms with Gasteiger partial charge < -0.3 is 25.2 Å². The molecule has 4 N–H and O–H groups in total. The van der Waals surface area contributed by atoms with E-state index in [1.807, 2.05) is 0 Å². The minimum Gasteiger partial charge on any atom is -0.480 e. The summed E-state index contributed by atoms with van der Waals surface area (Å²) in [7, 11) is -4.72. The standard InChI is InChI=1S/C49H90NO10P/c1-3-5-7-9-11-13-15-17-19-21-22-23-25-27-29-31-33-35-37-39-41-48(52)60-45(43-58-61(55,56)59-44-46(50)49(53)54)42-57-47(51)40-38-36-34-32-30-28-26-24-20-18-16-14-12-10-8-6-4-2/h12,14,18,20,26,28,45-46H,3-11,13,15-17,19,21-25,27,29-44,50H2,1-2H3,(H,53,54)(H,55,56)/b14-12+,20-18+,28-26+/t45-,46+/m1/s1. The molecule has 0 bridgehead atoms. The highest BCUT2D eigenvalue weighted by molar-refractivity contribution is 7.47. The van der Waals surface area contributed by atoms with Gasteiger partial charge in [-0.2, -0.15) is 0 Å². The average Bonchev–Trinajstić information content (AvgIpc) is 3.24. The molecule has 11 nitrogen and oxygen atoms in total. The van der Waals surface area contributed by atoms with Crippen molar-refractivity contribution in [3.63, 3.8) is 0 Å². The van der Waals surface area contributed by atoms with E-state index in [1.165, 1.54) is 128 Å². The van der Waals surface area contributed by atoms with Crippen LogP contribution in [0.2, 0.25) is 0 Å². The van der Waals surface area contributed by atoms with Crippen molar-refractivity contribution in [1.29, 1.82) is 0 Å². The Bertz CT molecular complexity index is 1180. The highest BCUT2D eigenvalue weighted by Crippen LogP contribution is 2.43. The molecule has 1 unspecified atom stereocenters. The third-order valence-electron chi connectivity index (χ3n) is 10.6. The molecule has 0 aromatic rings. The summed E-state index contributed by atoms with van der Waals surface area (Å²) in [6.07, 6.45) is 49.2. The second-order valence-electron chi connectivity index (χ2n) is 16.6. The van der Waals surface area contributed by atoms with Crippen LogP contribution in [-0.4, -0.2) is 59.9 Å². The quantitative estimate of drug-likeness (QED) is 0.0230. The number of ether oxygens (including phenoxy) is 2. The van der Waals surface area contributed by atoms with Gasteiger partial charge in [-0.3, -0.25) is 23.4 Å². The zero-order valence-corrected chi connectivity index (χ0v) is 39.7. The fraction of sp³-hybridized carbons (Fsp3) is 0.816. The first kappa shape index (κ1) is 58.7. The number of aliphatic carboxylic acids is 1. The Kier molecular flexibility index (Phi) is 42.6. The first-order valence-electron chi connectivity index (χ1n) is 24.5. The van der Waals surface area contributed by atoms with E-state index in [4.69, 9.17) is 24.8 Å². The van der Waals surface area contributed by atoms with Crippen molar-refractivity contribution >= 4 is 25.7 Å². The van der Waals surface area contributed by atoms with Gasteiger partial charge in [0.2, 0.25) is 0 Å². The number of rotatable bonds is 46. The molecular formula is C49H90NO10P. The molecule has 0 radical (unpaired) electrons. The van der Waals surface area contributed by atoms with E-state index in [9.17, 15) is 23.8 Å². The number of carbonyl (C=O) groups excluding carboxylic acids is 2. The minimum atomic E-state index is -4.72. The number of esters is 2. The maximum atomic E-state index is 12.7. The zero-order chi connectivity index (χ0) is 44.9. The fourth-order valence-electron chi connectivity index (χ4n) is 6.78. The summed E-state index contributed by atoms with van der Waals surface area (Å²) in [4.78, 5) is 46.1. The van der Waals surface area contributed by atoms with E-state index < -0.39 is 51.1 Å². The molecule has 0 aromatic heterocycles. The Balaban J connectivity index is 4.29. The van der Waals surface area contributed by atoms with Crippen LogP contribution in [-0.2, 0) is 37.5 Å². The summed E-state index contributed by atoms with van der Waals surface area (Å²) >= 11 is 0. The van der Waals surface area contributed by atoms with Crippen LogP contribution < -0.4 is 5.73 Å². The molecular weight excluding hydrogens is 794 g/mol. The first-order chi connectivity index (χ1) is 29.6. The number of phosphoric ester groups is 1. The van der Waals surface area contributed by atoms with Crippen molar-refractivity contribution in [2.24, 2.45) is 5.73 Å². The van der Waals surface area contributed by atoms with Crippen LogP contribution in [0.4, 0.5) is 0 Å². The maximum absolute atomic E-state index is 12.7. The number of hydrogen-bond acceptors (Lipinski definition) is 9. The number of carboxylic acids is 1. The lowest BCUT2D eigenvalue weighted by Crippen LogP contribution is -2.34. The summed E-state index contributed by atoms with van der Waals surface area (Å²) in [6.45, 7) is 2.79. The lowest BCUT2D eigenvalue weighted by molar-refractivity contribution is -0.161. The van der Waals surface area contributed by atoms with Crippen LogP contribution in [0.5, 0.6) is 0 Å². The van der Waals surface area contributed by atoms with Crippen LogP contribution in [0.3, 0.4) is 0 Å². The molecule has 0 aliphatic heterocycles. The van der Waals surface area contributed by atoms with Gasteiger partial charge in [-0.15, -0.1) is 0 Å². The molecule has 0 amide bonds. The lowest BCUT2D eigenvalue weighted by Gasteiger charge is -2.20. The molecule has 0 aliphatic rings. The summed E-state index contributed by atoms with van der Waals surface area (Å²) in [5.41, 5.74) is 5.35. The molecule has 3 atom stereocenters. The largest absolute Gasteiger partial charge is 0.480 e. The van der Waals surface area contributed by atoms with Gasteiger partial charge in [0.25, 0.3) is 0 Å². The number of unbranched alkanes of at least 4 members (excludes halogenated alkanes) is 26. The Morgan fingerprint density at radius 1 is 0.508 bits per heavy atom. The number of phosphoric acid groups is 1. The first-order valence-corrected chi connectivity index (χ1v) is 26.0. The van der Waals surface area contributed by atoms with Crippen molar-refractivity contribution in [1.82, 2.24) is 0 Å². The van der Waals surface area contributed by atoms with E-state index in [0.29, 0.717) is 12.8 Å². The highest BCUT2D eigenvalue weighted by Gasteiger charge is 2.28. The predicted molar refractivity (Wildman–Crippen MR) is 249 cm³/mol. The molecule has 0 aliphatic carbocycles. The third-order valence-corrected chi connectivity index (χ3v) is 11.6. The number of allylic oxidation sites excluding steroid dienone is 6. The Labute approximate surface area is 372 Å². The van der Waals surface area contributed by atoms with Gasteiger partial charge >= 0.3 is 25.7 Å². The zero-order valence-electron chi connectivity index (χ0n) is 38.8. The predicted octanol–water partition coefficient (Wildman–Crippen LogP) is 13.6. The summed E-state index contributed by atoms with van der Waals surface area (Å²) in [5, 5.41) is 8.91. The molecule has 0 saturated heterocycles. The van der Waals surface area contributed by atoms with Gasteiger partial charge in [0, 0.05) is 12.8 Å². The second-order valence-corrected chi connectivity index (χ2v) is 18.1.